The molecule has 0 bridgehead atoms. The highest BCUT2D eigenvalue weighted by Crippen LogP contribution is 2.25. The van der Waals surface area contributed by atoms with Crippen molar-refractivity contribution in [1.82, 2.24) is 9.97 Å². The highest BCUT2D eigenvalue weighted by molar-refractivity contribution is 6.31. The van der Waals surface area contributed by atoms with Gasteiger partial charge in [-0.15, -0.1) is 0 Å². The lowest BCUT2D eigenvalue weighted by atomic mass is 10.2. The standard InChI is InChI=1S/C15H13ClN4O/c16-11-6-7-14(20-17)19-12(11)9-21-13-5-1-3-10-4-2-8-18-15(10)13/h1-8H,9,17H2,(H,19,20). The zero-order valence-electron chi connectivity index (χ0n) is 11.1. The van der Waals surface area contributed by atoms with Gasteiger partial charge in [-0.25, -0.2) is 10.8 Å². The van der Waals surface area contributed by atoms with Crippen molar-refractivity contribution in [3.05, 3.63) is 59.4 Å². The minimum atomic E-state index is 0.240. The Balaban J connectivity index is 1.87. The van der Waals surface area contributed by atoms with E-state index in [0.29, 0.717) is 22.3 Å². The zero-order valence-corrected chi connectivity index (χ0v) is 11.8. The number of aromatic nitrogens is 2. The van der Waals surface area contributed by atoms with Crippen LogP contribution in [0.15, 0.2) is 48.7 Å². The summed E-state index contributed by atoms with van der Waals surface area (Å²) in [6, 6.07) is 13.1. The van der Waals surface area contributed by atoms with Gasteiger partial charge >= 0.3 is 0 Å². The molecule has 0 saturated carbocycles. The van der Waals surface area contributed by atoms with E-state index in [2.05, 4.69) is 15.4 Å². The maximum atomic E-state index is 6.11. The van der Waals surface area contributed by atoms with Gasteiger partial charge < -0.3 is 10.2 Å². The van der Waals surface area contributed by atoms with E-state index in [1.54, 1.807) is 18.3 Å². The molecule has 106 valence electrons. The molecule has 0 radical (unpaired) electrons. The molecule has 0 aliphatic heterocycles. The van der Waals surface area contributed by atoms with Gasteiger partial charge in [0, 0.05) is 11.6 Å². The summed E-state index contributed by atoms with van der Waals surface area (Å²) in [5.74, 6) is 6.57. The van der Waals surface area contributed by atoms with Crippen LogP contribution in [0.2, 0.25) is 5.02 Å². The van der Waals surface area contributed by atoms with Gasteiger partial charge in [0.25, 0.3) is 0 Å². The van der Waals surface area contributed by atoms with Crippen molar-refractivity contribution in [1.29, 1.82) is 0 Å². The van der Waals surface area contributed by atoms with Gasteiger partial charge in [0.2, 0.25) is 0 Å². The van der Waals surface area contributed by atoms with E-state index in [-0.39, 0.29) is 6.61 Å². The molecule has 3 N–H and O–H groups in total. The molecule has 0 amide bonds. The summed E-state index contributed by atoms with van der Waals surface area (Å²) in [6.07, 6.45) is 1.74. The Morgan fingerprint density at radius 3 is 2.86 bits per heavy atom. The fraction of sp³-hybridized carbons (Fsp3) is 0.0667. The Bertz CT molecular complexity index is 773. The number of para-hydroxylation sites is 1. The quantitative estimate of drug-likeness (QED) is 0.572. The molecular formula is C15H13ClN4O. The van der Waals surface area contributed by atoms with Crippen LogP contribution >= 0.6 is 11.6 Å². The number of rotatable bonds is 4. The lowest BCUT2D eigenvalue weighted by Gasteiger charge is -2.10. The number of fused-ring (bicyclic) bond motifs is 1. The molecule has 5 nitrogen and oxygen atoms in total. The second kappa shape index (κ2) is 5.95. The summed E-state index contributed by atoms with van der Waals surface area (Å²) in [5, 5.41) is 1.55. The predicted molar refractivity (Wildman–Crippen MR) is 83.1 cm³/mol. The first kappa shape index (κ1) is 13.6. The minimum absolute atomic E-state index is 0.240. The van der Waals surface area contributed by atoms with Crippen molar-refractivity contribution in [2.24, 2.45) is 5.84 Å². The summed E-state index contributed by atoms with van der Waals surface area (Å²) in [7, 11) is 0. The molecular weight excluding hydrogens is 288 g/mol. The minimum Gasteiger partial charge on any atom is -0.485 e. The Hall–Kier alpha value is -2.37. The van der Waals surface area contributed by atoms with Crippen LogP contribution in [0, 0.1) is 0 Å². The Morgan fingerprint density at radius 1 is 1.14 bits per heavy atom. The lowest BCUT2D eigenvalue weighted by Crippen LogP contribution is -2.10. The van der Waals surface area contributed by atoms with Crippen LogP contribution in [-0.4, -0.2) is 9.97 Å². The largest absolute Gasteiger partial charge is 0.485 e. The summed E-state index contributed by atoms with van der Waals surface area (Å²) in [4.78, 5) is 8.61. The van der Waals surface area contributed by atoms with E-state index in [1.165, 1.54) is 0 Å². The van der Waals surface area contributed by atoms with E-state index in [9.17, 15) is 0 Å². The fourth-order valence-electron chi connectivity index (χ4n) is 2.00. The summed E-state index contributed by atoms with van der Waals surface area (Å²) in [5.41, 5.74) is 3.91. The van der Waals surface area contributed by atoms with Gasteiger partial charge in [0.1, 0.15) is 23.7 Å². The van der Waals surface area contributed by atoms with Crippen LogP contribution in [0.3, 0.4) is 0 Å². The number of hydrogen-bond donors (Lipinski definition) is 2. The van der Waals surface area contributed by atoms with Crippen LogP contribution in [0.25, 0.3) is 10.9 Å². The van der Waals surface area contributed by atoms with E-state index in [4.69, 9.17) is 22.2 Å². The first-order valence-corrected chi connectivity index (χ1v) is 6.74. The fourth-order valence-corrected chi connectivity index (χ4v) is 2.16. The third-order valence-electron chi connectivity index (χ3n) is 3.03. The van der Waals surface area contributed by atoms with Gasteiger partial charge in [0.15, 0.2) is 0 Å². The molecule has 0 saturated heterocycles. The maximum absolute atomic E-state index is 6.11. The Morgan fingerprint density at radius 2 is 2.00 bits per heavy atom. The van der Waals surface area contributed by atoms with Crippen molar-refractivity contribution in [2.75, 3.05) is 5.43 Å². The number of nitrogens with one attached hydrogen (secondary N) is 1. The monoisotopic (exact) mass is 300 g/mol. The highest BCUT2D eigenvalue weighted by Gasteiger charge is 2.07. The third-order valence-corrected chi connectivity index (χ3v) is 3.37. The van der Waals surface area contributed by atoms with Crippen molar-refractivity contribution in [2.45, 2.75) is 6.61 Å². The number of anilines is 1. The molecule has 2 aromatic heterocycles. The molecule has 0 atom stereocenters. The molecule has 2 heterocycles. The number of benzene rings is 1. The molecule has 0 aliphatic carbocycles. The van der Waals surface area contributed by atoms with Crippen LogP contribution in [-0.2, 0) is 6.61 Å². The Kier molecular flexibility index (Phi) is 3.85. The number of nitrogen functional groups attached to an aromatic ring is 1. The second-order valence-corrected chi connectivity index (χ2v) is 4.80. The van der Waals surface area contributed by atoms with Gasteiger partial charge in [-0.2, -0.15) is 0 Å². The molecule has 0 aliphatic rings. The number of hydrazine groups is 1. The molecule has 3 rings (SSSR count). The van der Waals surface area contributed by atoms with Crippen LogP contribution in [0.4, 0.5) is 5.82 Å². The molecule has 6 heteroatoms. The molecule has 0 fully saturated rings. The van der Waals surface area contributed by atoms with Crippen molar-refractivity contribution >= 4 is 28.3 Å². The number of pyridine rings is 2. The van der Waals surface area contributed by atoms with E-state index in [0.717, 1.165) is 10.9 Å². The summed E-state index contributed by atoms with van der Waals surface area (Å²) < 4.78 is 5.81. The first-order chi connectivity index (χ1) is 10.3. The topological polar surface area (TPSA) is 73.1 Å². The van der Waals surface area contributed by atoms with Gasteiger partial charge in [0.05, 0.1) is 10.7 Å². The average Bonchev–Trinajstić information content (AvgIpc) is 2.54. The number of ether oxygens (including phenoxy) is 1. The van der Waals surface area contributed by atoms with Crippen LogP contribution in [0.5, 0.6) is 5.75 Å². The maximum Gasteiger partial charge on any atom is 0.146 e. The Labute approximate surface area is 126 Å². The lowest BCUT2D eigenvalue weighted by molar-refractivity contribution is 0.305. The molecule has 21 heavy (non-hydrogen) atoms. The van der Waals surface area contributed by atoms with Crippen molar-refractivity contribution in [3.8, 4) is 5.75 Å². The van der Waals surface area contributed by atoms with E-state index >= 15 is 0 Å². The van der Waals surface area contributed by atoms with Gasteiger partial charge in [-0.05, 0) is 24.3 Å². The third kappa shape index (κ3) is 2.89. The number of halogens is 1. The predicted octanol–water partition coefficient (Wildman–Crippen LogP) is 3.15. The molecule has 3 aromatic rings. The normalized spacial score (nSPS) is 10.6. The second-order valence-electron chi connectivity index (χ2n) is 4.39. The van der Waals surface area contributed by atoms with Gasteiger partial charge in [-0.1, -0.05) is 29.8 Å². The molecule has 0 unspecified atom stereocenters. The van der Waals surface area contributed by atoms with Crippen LogP contribution in [0.1, 0.15) is 5.69 Å². The number of nitrogens with zero attached hydrogens (tertiary/aromatic N) is 2. The first-order valence-electron chi connectivity index (χ1n) is 6.36. The zero-order chi connectivity index (χ0) is 14.7. The summed E-state index contributed by atoms with van der Waals surface area (Å²) in [6.45, 7) is 0.240. The van der Waals surface area contributed by atoms with Crippen molar-refractivity contribution < 1.29 is 4.74 Å². The van der Waals surface area contributed by atoms with Crippen molar-refractivity contribution in [3.63, 3.8) is 0 Å². The highest BCUT2D eigenvalue weighted by atomic mass is 35.5. The number of nitrogens with two attached hydrogens (primary N) is 1. The summed E-state index contributed by atoms with van der Waals surface area (Å²) >= 11 is 6.11. The number of hydrogen-bond acceptors (Lipinski definition) is 5. The van der Waals surface area contributed by atoms with Gasteiger partial charge in [-0.3, -0.25) is 4.98 Å². The van der Waals surface area contributed by atoms with Crippen LogP contribution < -0.4 is 16.0 Å². The average molecular weight is 301 g/mol. The van der Waals surface area contributed by atoms with E-state index < -0.39 is 0 Å². The van der Waals surface area contributed by atoms with E-state index in [1.807, 2.05) is 30.3 Å². The molecule has 0 spiro atoms. The molecule has 1 aromatic carbocycles. The smallest absolute Gasteiger partial charge is 0.146 e. The SMILES string of the molecule is NNc1ccc(Cl)c(COc2cccc3cccnc23)n1.